The van der Waals surface area contributed by atoms with Crippen LogP contribution in [0.3, 0.4) is 0 Å². The normalized spacial score (nSPS) is 14.7. The highest BCUT2D eigenvalue weighted by Gasteiger charge is 2.31. The van der Waals surface area contributed by atoms with Gasteiger partial charge in [0.1, 0.15) is 28.9 Å². The zero-order valence-electron chi connectivity index (χ0n) is 15.7. The second-order valence-corrected chi connectivity index (χ2v) is 6.78. The number of halogens is 5. The zero-order valence-corrected chi connectivity index (χ0v) is 15.7. The summed E-state index contributed by atoms with van der Waals surface area (Å²) in [5.41, 5.74) is -0.755. The van der Waals surface area contributed by atoms with E-state index in [9.17, 15) is 26.7 Å². The van der Waals surface area contributed by atoms with Crippen molar-refractivity contribution in [3.63, 3.8) is 0 Å². The molecule has 1 heterocycles. The van der Waals surface area contributed by atoms with E-state index in [1.54, 1.807) is 30.3 Å². The van der Waals surface area contributed by atoms with Crippen LogP contribution in [0.15, 0.2) is 48.5 Å². The van der Waals surface area contributed by atoms with E-state index in [4.69, 9.17) is 9.47 Å². The molecule has 1 unspecified atom stereocenters. The van der Waals surface area contributed by atoms with Gasteiger partial charge in [0, 0.05) is 12.0 Å². The van der Waals surface area contributed by atoms with Crippen molar-refractivity contribution in [2.24, 2.45) is 0 Å². The Balaban J connectivity index is 1.42. The van der Waals surface area contributed by atoms with Gasteiger partial charge in [-0.25, -0.2) is 22.0 Å². The van der Waals surface area contributed by atoms with Crippen LogP contribution in [-0.2, 0) is 6.42 Å². The van der Waals surface area contributed by atoms with Crippen molar-refractivity contribution in [3.8, 4) is 17.2 Å². The number of benzene rings is 3. The number of hydrogen-bond donors (Lipinski definition) is 1. The van der Waals surface area contributed by atoms with Crippen LogP contribution in [0.2, 0.25) is 0 Å². The Morgan fingerprint density at radius 1 is 0.903 bits per heavy atom. The molecule has 4 nitrogen and oxygen atoms in total. The average molecular weight is 435 g/mol. The van der Waals surface area contributed by atoms with Crippen LogP contribution in [0.4, 0.5) is 22.0 Å². The molecule has 0 aliphatic carbocycles. The minimum absolute atomic E-state index is 0.206. The van der Waals surface area contributed by atoms with Gasteiger partial charge in [0.05, 0.1) is 6.54 Å². The standard InChI is InChI=1S/C22H14F5NO3/c23-17-16(18(24)20(26)21(27)19(17)25)22(29)28-10-14-9-11-8-13(6-7-15(11)31-14)30-12-4-2-1-3-5-12/h1-8,14H,9-10H2,(H,28,29). The summed E-state index contributed by atoms with van der Waals surface area (Å²) < 4.78 is 78.7. The number of carbonyl (C=O) groups excluding carboxylic acids is 1. The van der Waals surface area contributed by atoms with Crippen molar-refractivity contribution in [1.82, 2.24) is 5.32 Å². The fourth-order valence-corrected chi connectivity index (χ4v) is 3.20. The quantitative estimate of drug-likeness (QED) is 0.352. The molecule has 1 amide bonds. The molecular formula is C22H14F5NO3. The van der Waals surface area contributed by atoms with Crippen molar-refractivity contribution in [1.29, 1.82) is 0 Å². The van der Waals surface area contributed by atoms with Gasteiger partial charge in [-0.1, -0.05) is 18.2 Å². The molecule has 31 heavy (non-hydrogen) atoms. The van der Waals surface area contributed by atoms with Crippen molar-refractivity contribution in [2.45, 2.75) is 12.5 Å². The lowest BCUT2D eigenvalue weighted by atomic mass is 10.1. The maximum absolute atomic E-state index is 13.8. The molecule has 0 radical (unpaired) electrons. The van der Waals surface area contributed by atoms with E-state index in [-0.39, 0.29) is 6.54 Å². The predicted octanol–water partition coefficient (Wildman–Crippen LogP) is 4.91. The molecule has 0 fully saturated rings. The van der Waals surface area contributed by atoms with Gasteiger partial charge in [0.25, 0.3) is 5.91 Å². The molecular weight excluding hydrogens is 421 g/mol. The Morgan fingerprint density at radius 2 is 1.55 bits per heavy atom. The fraction of sp³-hybridized carbons (Fsp3) is 0.136. The van der Waals surface area contributed by atoms with Gasteiger partial charge in [0.15, 0.2) is 23.3 Å². The first-order chi connectivity index (χ1) is 14.8. The summed E-state index contributed by atoms with van der Waals surface area (Å²) in [7, 11) is 0. The van der Waals surface area contributed by atoms with E-state index in [1.807, 2.05) is 18.2 Å². The molecule has 0 saturated carbocycles. The summed E-state index contributed by atoms with van der Waals surface area (Å²) >= 11 is 0. The second kappa shape index (κ2) is 8.25. The first-order valence-electron chi connectivity index (χ1n) is 9.17. The molecule has 3 aromatic rings. The first kappa shape index (κ1) is 20.6. The number of para-hydroxylation sites is 1. The number of hydrogen-bond acceptors (Lipinski definition) is 3. The maximum Gasteiger partial charge on any atom is 0.257 e. The highest BCUT2D eigenvalue weighted by Crippen LogP contribution is 2.33. The number of nitrogens with one attached hydrogen (secondary N) is 1. The molecule has 0 saturated heterocycles. The summed E-state index contributed by atoms with van der Waals surface area (Å²) in [6.07, 6.45) is -0.245. The van der Waals surface area contributed by atoms with E-state index < -0.39 is 46.7 Å². The minimum Gasteiger partial charge on any atom is -0.488 e. The van der Waals surface area contributed by atoms with E-state index in [2.05, 4.69) is 5.32 Å². The molecule has 0 bridgehead atoms. The Hall–Kier alpha value is -3.62. The molecule has 3 aromatic carbocycles. The van der Waals surface area contributed by atoms with Crippen molar-refractivity contribution in [3.05, 3.63) is 88.7 Å². The van der Waals surface area contributed by atoms with Gasteiger partial charge in [-0.05, 0) is 30.3 Å². The van der Waals surface area contributed by atoms with Gasteiger partial charge in [-0.15, -0.1) is 0 Å². The smallest absolute Gasteiger partial charge is 0.257 e. The fourth-order valence-electron chi connectivity index (χ4n) is 3.20. The summed E-state index contributed by atoms with van der Waals surface area (Å²) in [6.45, 7) is -0.206. The van der Waals surface area contributed by atoms with Gasteiger partial charge in [-0.2, -0.15) is 0 Å². The maximum atomic E-state index is 13.8. The van der Waals surface area contributed by atoms with Crippen LogP contribution >= 0.6 is 0 Å². The molecule has 1 atom stereocenters. The molecule has 1 aliphatic rings. The average Bonchev–Trinajstić information content (AvgIpc) is 3.18. The van der Waals surface area contributed by atoms with Crippen molar-refractivity contribution in [2.75, 3.05) is 6.54 Å². The van der Waals surface area contributed by atoms with Crippen LogP contribution < -0.4 is 14.8 Å². The molecule has 0 aromatic heterocycles. The Kier molecular flexibility index (Phi) is 5.50. The van der Waals surface area contributed by atoms with Crippen LogP contribution in [-0.4, -0.2) is 18.6 Å². The summed E-state index contributed by atoms with van der Waals surface area (Å²) in [4.78, 5) is 12.1. The molecule has 4 rings (SSSR count). The van der Waals surface area contributed by atoms with Gasteiger partial charge >= 0.3 is 0 Å². The van der Waals surface area contributed by atoms with E-state index in [1.165, 1.54) is 0 Å². The van der Waals surface area contributed by atoms with Crippen molar-refractivity contribution < 1.29 is 36.2 Å². The van der Waals surface area contributed by atoms with Crippen LogP contribution in [0.25, 0.3) is 0 Å². The topological polar surface area (TPSA) is 47.6 Å². The Morgan fingerprint density at radius 3 is 2.23 bits per heavy atom. The number of fused-ring (bicyclic) bond motifs is 1. The first-order valence-corrected chi connectivity index (χ1v) is 9.17. The molecule has 0 spiro atoms. The number of amides is 1. The molecule has 9 heteroatoms. The highest BCUT2D eigenvalue weighted by atomic mass is 19.2. The number of carbonyl (C=O) groups is 1. The SMILES string of the molecule is O=C(NCC1Cc2cc(Oc3ccccc3)ccc2O1)c1c(F)c(F)c(F)c(F)c1F. The Labute approximate surface area is 173 Å². The van der Waals surface area contributed by atoms with Gasteiger partial charge in [0.2, 0.25) is 5.82 Å². The second-order valence-electron chi connectivity index (χ2n) is 6.78. The lowest BCUT2D eigenvalue weighted by Gasteiger charge is -2.13. The van der Waals surface area contributed by atoms with Crippen molar-refractivity contribution >= 4 is 5.91 Å². The monoisotopic (exact) mass is 435 g/mol. The largest absolute Gasteiger partial charge is 0.488 e. The summed E-state index contributed by atoms with van der Waals surface area (Å²) in [5, 5.41) is 2.15. The Bertz CT molecular complexity index is 1120. The van der Waals surface area contributed by atoms with Crippen LogP contribution in [0, 0.1) is 29.1 Å². The van der Waals surface area contributed by atoms with E-state index in [0.717, 1.165) is 5.56 Å². The van der Waals surface area contributed by atoms with Gasteiger partial charge < -0.3 is 14.8 Å². The lowest BCUT2D eigenvalue weighted by molar-refractivity contribution is 0.0921. The van der Waals surface area contributed by atoms with Crippen LogP contribution in [0.5, 0.6) is 17.2 Å². The molecule has 1 aliphatic heterocycles. The third kappa shape index (κ3) is 4.03. The summed E-state index contributed by atoms with van der Waals surface area (Å²) in [6, 6.07) is 14.2. The minimum atomic E-state index is -2.32. The summed E-state index contributed by atoms with van der Waals surface area (Å²) in [5.74, 6) is -10.7. The molecule has 1 N–H and O–H groups in total. The lowest BCUT2D eigenvalue weighted by Crippen LogP contribution is -2.35. The van der Waals surface area contributed by atoms with E-state index in [0.29, 0.717) is 23.7 Å². The predicted molar refractivity (Wildman–Crippen MR) is 99.6 cm³/mol. The zero-order chi connectivity index (χ0) is 22.1. The number of rotatable bonds is 5. The van der Waals surface area contributed by atoms with Gasteiger partial charge in [-0.3, -0.25) is 4.79 Å². The third-order valence-corrected chi connectivity index (χ3v) is 4.68. The number of ether oxygens (including phenoxy) is 2. The molecule has 160 valence electrons. The van der Waals surface area contributed by atoms with E-state index >= 15 is 0 Å². The highest BCUT2D eigenvalue weighted by molar-refractivity contribution is 5.94. The third-order valence-electron chi connectivity index (χ3n) is 4.68. The van der Waals surface area contributed by atoms with Crippen LogP contribution in [0.1, 0.15) is 15.9 Å².